The third-order valence-electron chi connectivity index (χ3n) is 4.51. The van der Waals surface area contributed by atoms with Crippen molar-refractivity contribution < 1.29 is 14.3 Å². The number of halogens is 1. The zero-order valence-corrected chi connectivity index (χ0v) is 16.9. The first-order valence-corrected chi connectivity index (χ1v) is 9.87. The highest BCUT2D eigenvalue weighted by atomic mass is 35.5. The standard InChI is InChI=1S/C23H20ClN3O3/c24-22-17(15-27-16-25-19-10-4-5-11-20(19)27)7-6-12-21(22)29-13-14-30-23(28)26-18-8-2-1-3-9-18/h1-12,16H,13-15H2,(H,26,28). The summed E-state index contributed by atoms with van der Waals surface area (Å²) in [6, 6.07) is 22.7. The lowest BCUT2D eigenvalue weighted by Crippen LogP contribution is -2.17. The van der Waals surface area contributed by atoms with E-state index < -0.39 is 6.09 Å². The van der Waals surface area contributed by atoms with Crippen LogP contribution in [-0.2, 0) is 11.3 Å². The van der Waals surface area contributed by atoms with Gasteiger partial charge in [-0.1, -0.05) is 54.1 Å². The van der Waals surface area contributed by atoms with Gasteiger partial charge in [-0.25, -0.2) is 9.78 Å². The minimum atomic E-state index is -0.531. The van der Waals surface area contributed by atoms with Crippen LogP contribution in [0.2, 0.25) is 5.02 Å². The van der Waals surface area contributed by atoms with Gasteiger partial charge in [-0.3, -0.25) is 5.32 Å². The maximum absolute atomic E-state index is 11.8. The number of imidazole rings is 1. The molecule has 3 aromatic carbocycles. The summed E-state index contributed by atoms with van der Waals surface area (Å²) >= 11 is 6.55. The van der Waals surface area contributed by atoms with Crippen molar-refractivity contribution in [3.05, 3.63) is 89.7 Å². The van der Waals surface area contributed by atoms with Crippen molar-refractivity contribution >= 4 is 34.4 Å². The monoisotopic (exact) mass is 421 g/mol. The molecule has 0 aliphatic rings. The summed E-state index contributed by atoms with van der Waals surface area (Å²) in [6.07, 6.45) is 1.27. The Balaban J connectivity index is 1.32. The molecule has 4 aromatic rings. The molecule has 1 heterocycles. The van der Waals surface area contributed by atoms with E-state index in [1.165, 1.54) is 0 Å². The van der Waals surface area contributed by atoms with Crippen molar-refractivity contribution in [1.82, 2.24) is 9.55 Å². The number of fused-ring (bicyclic) bond motifs is 1. The fraction of sp³-hybridized carbons (Fsp3) is 0.130. The number of carbonyl (C=O) groups excluding carboxylic acids is 1. The van der Waals surface area contributed by atoms with Gasteiger partial charge >= 0.3 is 6.09 Å². The maximum Gasteiger partial charge on any atom is 0.411 e. The molecule has 0 saturated carbocycles. The van der Waals surface area contributed by atoms with Gasteiger partial charge in [-0.15, -0.1) is 0 Å². The molecule has 0 saturated heterocycles. The van der Waals surface area contributed by atoms with Gasteiger partial charge in [0.25, 0.3) is 0 Å². The van der Waals surface area contributed by atoms with Crippen molar-refractivity contribution in [3.63, 3.8) is 0 Å². The van der Waals surface area contributed by atoms with Crippen LogP contribution in [0.4, 0.5) is 10.5 Å². The molecule has 30 heavy (non-hydrogen) atoms. The second-order valence-corrected chi connectivity index (χ2v) is 6.94. The number of hydrogen-bond acceptors (Lipinski definition) is 4. The summed E-state index contributed by atoms with van der Waals surface area (Å²) in [7, 11) is 0. The summed E-state index contributed by atoms with van der Waals surface area (Å²) in [6.45, 7) is 0.872. The molecule has 1 N–H and O–H groups in total. The van der Waals surface area contributed by atoms with E-state index in [-0.39, 0.29) is 13.2 Å². The molecule has 0 bridgehead atoms. The summed E-state index contributed by atoms with van der Waals surface area (Å²) in [5.41, 5.74) is 3.57. The van der Waals surface area contributed by atoms with Gasteiger partial charge in [0.05, 0.1) is 28.9 Å². The number of aromatic nitrogens is 2. The molecule has 0 aliphatic carbocycles. The third kappa shape index (κ3) is 4.72. The number of amides is 1. The van der Waals surface area contributed by atoms with Gasteiger partial charge in [0.1, 0.15) is 19.0 Å². The zero-order valence-electron chi connectivity index (χ0n) is 16.1. The first-order chi connectivity index (χ1) is 14.7. The Kier molecular flexibility index (Phi) is 6.15. The normalized spacial score (nSPS) is 10.7. The average molecular weight is 422 g/mol. The van der Waals surface area contributed by atoms with Crippen LogP contribution in [0.3, 0.4) is 0 Å². The first kappa shape index (κ1) is 19.8. The zero-order chi connectivity index (χ0) is 20.8. The molecular formula is C23H20ClN3O3. The molecule has 0 radical (unpaired) electrons. The van der Waals surface area contributed by atoms with Crippen LogP contribution in [0.5, 0.6) is 5.75 Å². The number of benzene rings is 3. The fourth-order valence-electron chi connectivity index (χ4n) is 3.07. The van der Waals surface area contributed by atoms with Crippen LogP contribution >= 0.6 is 11.6 Å². The predicted octanol–water partition coefficient (Wildman–Crippen LogP) is 5.37. The Labute approximate surface area is 179 Å². The van der Waals surface area contributed by atoms with Gasteiger partial charge < -0.3 is 14.0 Å². The van der Waals surface area contributed by atoms with Crippen molar-refractivity contribution in [2.75, 3.05) is 18.5 Å². The van der Waals surface area contributed by atoms with Crippen molar-refractivity contribution in [3.8, 4) is 5.75 Å². The molecule has 4 rings (SSSR count). The van der Waals surface area contributed by atoms with E-state index in [1.807, 2.05) is 59.2 Å². The van der Waals surface area contributed by atoms with Gasteiger partial charge in [0, 0.05) is 5.69 Å². The second-order valence-electron chi connectivity index (χ2n) is 6.57. The molecule has 7 heteroatoms. The van der Waals surface area contributed by atoms with E-state index in [4.69, 9.17) is 21.1 Å². The number of para-hydroxylation sites is 3. The van der Waals surface area contributed by atoms with Crippen LogP contribution in [0.1, 0.15) is 5.56 Å². The number of nitrogens with one attached hydrogen (secondary N) is 1. The number of ether oxygens (including phenoxy) is 2. The molecule has 1 aromatic heterocycles. The summed E-state index contributed by atoms with van der Waals surface area (Å²) in [5.74, 6) is 0.547. The Hall–Kier alpha value is -3.51. The highest BCUT2D eigenvalue weighted by Crippen LogP contribution is 2.29. The van der Waals surface area contributed by atoms with Gasteiger partial charge in [0.2, 0.25) is 0 Å². The second kappa shape index (κ2) is 9.33. The smallest absolute Gasteiger partial charge is 0.411 e. The largest absolute Gasteiger partial charge is 0.488 e. The molecule has 6 nitrogen and oxygen atoms in total. The summed E-state index contributed by atoms with van der Waals surface area (Å²) < 4.78 is 12.9. The van der Waals surface area contributed by atoms with E-state index in [2.05, 4.69) is 10.3 Å². The minimum absolute atomic E-state index is 0.103. The lowest BCUT2D eigenvalue weighted by Gasteiger charge is -2.13. The summed E-state index contributed by atoms with van der Waals surface area (Å²) in [5, 5.41) is 3.18. The SMILES string of the molecule is O=C(Nc1ccccc1)OCCOc1cccc(Cn2cnc3ccccc32)c1Cl. The summed E-state index contributed by atoms with van der Waals surface area (Å²) in [4.78, 5) is 16.2. The van der Waals surface area contributed by atoms with E-state index in [0.717, 1.165) is 16.6 Å². The molecule has 0 fully saturated rings. The van der Waals surface area contributed by atoms with Crippen LogP contribution in [0.25, 0.3) is 11.0 Å². The predicted molar refractivity (Wildman–Crippen MR) is 117 cm³/mol. The number of rotatable bonds is 7. The molecule has 1 amide bonds. The van der Waals surface area contributed by atoms with Gasteiger partial charge in [-0.05, 0) is 35.9 Å². The van der Waals surface area contributed by atoms with Crippen LogP contribution < -0.4 is 10.1 Å². The molecular weight excluding hydrogens is 402 g/mol. The van der Waals surface area contributed by atoms with Crippen LogP contribution in [0.15, 0.2) is 79.1 Å². The Bertz CT molecular complexity index is 1140. The average Bonchev–Trinajstić information content (AvgIpc) is 3.17. The maximum atomic E-state index is 11.8. The molecule has 0 atom stereocenters. The van der Waals surface area contributed by atoms with Crippen molar-refractivity contribution in [1.29, 1.82) is 0 Å². The molecule has 0 spiro atoms. The van der Waals surface area contributed by atoms with Gasteiger partial charge in [0.15, 0.2) is 0 Å². The van der Waals surface area contributed by atoms with Crippen LogP contribution in [0, 0.1) is 0 Å². The molecule has 0 unspecified atom stereocenters. The number of nitrogens with zero attached hydrogens (tertiary/aromatic N) is 2. The van der Waals surface area contributed by atoms with Crippen molar-refractivity contribution in [2.45, 2.75) is 6.54 Å². The highest BCUT2D eigenvalue weighted by molar-refractivity contribution is 6.32. The number of carbonyl (C=O) groups is 1. The quantitative estimate of drug-likeness (QED) is 0.407. The van der Waals surface area contributed by atoms with Gasteiger partial charge in [-0.2, -0.15) is 0 Å². The number of anilines is 1. The van der Waals surface area contributed by atoms with E-state index in [1.54, 1.807) is 24.5 Å². The van der Waals surface area contributed by atoms with E-state index in [9.17, 15) is 4.79 Å². The minimum Gasteiger partial charge on any atom is -0.488 e. The Morgan fingerprint density at radius 2 is 1.77 bits per heavy atom. The fourth-order valence-corrected chi connectivity index (χ4v) is 3.31. The lowest BCUT2D eigenvalue weighted by molar-refractivity contribution is 0.138. The first-order valence-electron chi connectivity index (χ1n) is 9.49. The third-order valence-corrected chi connectivity index (χ3v) is 4.93. The molecule has 0 aliphatic heterocycles. The Morgan fingerprint density at radius 3 is 2.63 bits per heavy atom. The Morgan fingerprint density at radius 1 is 0.967 bits per heavy atom. The van der Waals surface area contributed by atoms with E-state index in [0.29, 0.717) is 23.0 Å². The molecule has 152 valence electrons. The number of hydrogen-bond donors (Lipinski definition) is 1. The lowest BCUT2D eigenvalue weighted by atomic mass is 10.2. The van der Waals surface area contributed by atoms with Crippen LogP contribution in [-0.4, -0.2) is 28.9 Å². The topological polar surface area (TPSA) is 65.4 Å². The highest BCUT2D eigenvalue weighted by Gasteiger charge is 2.10. The van der Waals surface area contributed by atoms with Crippen molar-refractivity contribution in [2.24, 2.45) is 0 Å². The van der Waals surface area contributed by atoms with E-state index >= 15 is 0 Å².